The molecule has 0 bridgehead atoms. The number of fused-ring (bicyclic) bond motifs is 1. The van der Waals surface area contributed by atoms with Gasteiger partial charge in [-0.2, -0.15) is 0 Å². The molecule has 0 aliphatic carbocycles. The van der Waals surface area contributed by atoms with Crippen molar-refractivity contribution in [2.45, 2.75) is 33.2 Å². The van der Waals surface area contributed by atoms with Gasteiger partial charge in [-0.05, 0) is 59.4 Å². The Balaban J connectivity index is 1.97. The summed E-state index contributed by atoms with van der Waals surface area (Å²) < 4.78 is 10.8. The zero-order valence-electron chi connectivity index (χ0n) is 12.6. The zero-order valence-corrected chi connectivity index (χ0v) is 12.6. The first-order valence-electron chi connectivity index (χ1n) is 7.13. The summed E-state index contributed by atoms with van der Waals surface area (Å²) in [5.74, 6) is 0.883. The number of aliphatic hydroxyl groups excluding tert-OH is 1. The van der Waals surface area contributed by atoms with Crippen molar-refractivity contribution >= 4 is 0 Å². The maximum atomic E-state index is 10.7. The molecule has 3 heteroatoms. The molecule has 110 valence electrons. The lowest BCUT2D eigenvalue weighted by molar-refractivity contribution is 0.134. The minimum absolute atomic E-state index is 0.626. The summed E-state index contributed by atoms with van der Waals surface area (Å²) in [6.07, 6.45) is -0.626. The fourth-order valence-corrected chi connectivity index (χ4v) is 3.02. The van der Waals surface area contributed by atoms with Crippen LogP contribution in [0.2, 0.25) is 0 Å². The normalized spacial score (nSPS) is 14.9. The maximum absolute atomic E-state index is 10.7. The smallest absolute Gasteiger partial charge is 0.124 e. The number of methoxy groups -OCH3 is 1. The minimum Gasteiger partial charge on any atom is -0.496 e. The van der Waals surface area contributed by atoms with Crippen molar-refractivity contribution in [1.82, 2.24) is 0 Å². The minimum atomic E-state index is -0.626. The molecule has 1 unspecified atom stereocenters. The second kappa shape index (κ2) is 5.51. The largest absolute Gasteiger partial charge is 0.496 e. The third-order valence-electron chi connectivity index (χ3n) is 4.06. The average Bonchev–Trinajstić information content (AvgIpc) is 2.93. The molecule has 3 nitrogen and oxygen atoms in total. The van der Waals surface area contributed by atoms with Gasteiger partial charge in [0.25, 0.3) is 0 Å². The average molecular weight is 284 g/mol. The first-order valence-corrected chi connectivity index (χ1v) is 7.13. The molecule has 21 heavy (non-hydrogen) atoms. The molecule has 1 aliphatic heterocycles. The Bertz CT molecular complexity index is 653. The molecule has 1 N–H and O–H groups in total. The van der Waals surface area contributed by atoms with E-state index in [1.165, 1.54) is 11.1 Å². The van der Waals surface area contributed by atoms with E-state index < -0.39 is 6.10 Å². The molecule has 0 fully saturated rings. The Morgan fingerprint density at radius 2 is 1.67 bits per heavy atom. The van der Waals surface area contributed by atoms with Gasteiger partial charge in [0.1, 0.15) is 11.9 Å². The van der Waals surface area contributed by atoms with E-state index in [0.717, 1.165) is 28.0 Å². The van der Waals surface area contributed by atoms with Crippen LogP contribution < -0.4 is 4.74 Å². The highest BCUT2D eigenvalue weighted by atomic mass is 16.5. The molecule has 0 radical (unpaired) electrons. The van der Waals surface area contributed by atoms with E-state index in [9.17, 15) is 5.11 Å². The summed E-state index contributed by atoms with van der Waals surface area (Å²) in [7, 11) is 1.67. The second-order valence-electron chi connectivity index (χ2n) is 5.61. The van der Waals surface area contributed by atoms with Crippen LogP contribution in [0, 0.1) is 13.8 Å². The van der Waals surface area contributed by atoms with E-state index in [1.54, 1.807) is 7.11 Å². The van der Waals surface area contributed by atoms with E-state index >= 15 is 0 Å². The maximum Gasteiger partial charge on any atom is 0.124 e. The van der Waals surface area contributed by atoms with Crippen molar-refractivity contribution in [3.63, 3.8) is 0 Å². The van der Waals surface area contributed by atoms with Gasteiger partial charge >= 0.3 is 0 Å². The van der Waals surface area contributed by atoms with Crippen LogP contribution in [-0.2, 0) is 18.0 Å². The lowest BCUT2D eigenvalue weighted by Crippen LogP contribution is -2.03. The van der Waals surface area contributed by atoms with Gasteiger partial charge in [-0.25, -0.2) is 0 Å². The Kier molecular flexibility index (Phi) is 3.70. The lowest BCUT2D eigenvalue weighted by Gasteiger charge is -2.16. The van der Waals surface area contributed by atoms with Gasteiger partial charge in [0.05, 0.1) is 20.3 Å². The standard InChI is InChI=1S/C18H20O3/c1-11-6-15(7-12(2)18(11)20-3)17(19)13-4-5-14-9-21-10-16(14)8-13/h4-8,17,19H,9-10H2,1-3H3. The van der Waals surface area contributed by atoms with E-state index in [0.29, 0.717) is 13.2 Å². The van der Waals surface area contributed by atoms with E-state index in [1.807, 2.05) is 44.2 Å². The summed E-state index contributed by atoms with van der Waals surface area (Å²) in [5.41, 5.74) is 6.27. The van der Waals surface area contributed by atoms with Gasteiger partial charge in [0.2, 0.25) is 0 Å². The topological polar surface area (TPSA) is 38.7 Å². The Morgan fingerprint density at radius 1 is 1.00 bits per heavy atom. The van der Waals surface area contributed by atoms with Crippen LogP contribution in [0.1, 0.15) is 39.5 Å². The monoisotopic (exact) mass is 284 g/mol. The van der Waals surface area contributed by atoms with Crippen LogP contribution in [-0.4, -0.2) is 12.2 Å². The van der Waals surface area contributed by atoms with Gasteiger partial charge in [0.15, 0.2) is 0 Å². The van der Waals surface area contributed by atoms with Crippen LogP contribution in [0.4, 0.5) is 0 Å². The second-order valence-corrected chi connectivity index (χ2v) is 5.61. The molecule has 0 aromatic heterocycles. The predicted molar refractivity (Wildman–Crippen MR) is 81.5 cm³/mol. The molecule has 0 saturated heterocycles. The summed E-state index contributed by atoms with van der Waals surface area (Å²) in [4.78, 5) is 0. The first-order chi connectivity index (χ1) is 10.1. The van der Waals surface area contributed by atoms with Crippen molar-refractivity contribution < 1.29 is 14.6 Å². The van der Waals surface area contributed by atoms with E-state index in [4.69, 9.17) is 9.47 Å². The highest BCUT2D eigenvalue weighted by Gasteiger charge is 2.17. The van der Waals surface area contributed by atoms with Gasteiger partial charge in [0, 0.05) is 0 Å². The van der Waals surface area contributed by atoms with Crippen LogP contribution in [0.25, 0.3) is 0 Å². The highest BCUT2D eigenvalue weighted by molar-refractivity contribution is 5.46. The van der Waals surface area contributed by atoms with Crippen LogP contribution in [0.3, 0.4) is 0 Å². The zero-order chi connectivity index (χ0) is 15.0. The summed E-state index contributed by atoms with van der Waals surface area (Å²) in [5, 5.41) is 10.7. The Labute approximate surface area is 125 Å². The molecule has 1 atom stereocenters. The van der Waals surface area contributed by atoms with Crippen molar-refractivity contribution in [2.75, 3.05) is 7.11 Å². The van der Waals surface area contributed by atoms with E-state index in [2.05, 4.69) is 0 Å². The highest BCUT2D eigenvalue weighted by Crippen LogP contribution is 2.31. The molecule has 0 saturated carbocycles. The first kappa shape index (κ1) is 14.1. The fourth-order valence-electron chi connectivity index (χ4n) is 3.02. The molecule has 2 aromatic rings. The number of ether oxygens (including phenoxy) is 2. The molecule has 1 heterocycles. The number of benzene rings is 2. The van der Waals surface area contributed by atoms with Gasteiger partial charge < -0.3 is 14.6 Å². The Morgan fingerprint density at radius 3 is 2.33 bits per heavy atom. The molecule has 0 spiro atoms. The lowest BCUT2D eigenvalue weighted by atomic mass is 9.95. The van der Waals surface area contributed by atoms with Crippen molar-refractivity contribution in [3.8, 4) is 5.75 Å². The Hall–Kier alpha value is -1.84. The van der Waals surface area contributed by atoms with Crippen LogP contribution in [0.5, 0.6) is 5.75 Å². The molecule has 1 aliphatic rings. The molecule has 2 aromatic carbocycles. The number of aliphatic hydroxyl groups is 1. The number of rotatable bonds is 3. The fraction of sp³-hybridized carbons (Fsp3) is 0.333. The quantitative estimate of drug-likeness (QED) is 0.938. The van der Waals surface area contributed by atoms with Gasteiger partial charge in [-0.1, -0.05) is 18.2 Å². The van der Waals surface area contributed by atoms with Crippen molar-refractivity contribution in [1.29, 1.82) is 0 Å². The van der Waals surface area contributed by atoms with E-state index in [-0.39, 0.29) is 0 Å². The van der Waals surface area contributed by atoms with Gasteiger partial charge in [-0.3, -0.25) is 0 Å². The SMILES string of the molecule is COc1c(C)cc(C(O)c2ccc3c(c2)COC3)cc1C. The van der Waals surface area contributed by atoms with Crippen molar-refractivity contribution in [2.24, 2.45) is 0 Å². The van der Waals surface area contributed by atoms with Crippen molar-refractivity contribution in [3.05, 3.63) is 63.7 Å². The number of aryl methyl sites for hydroxylation is 2. The molecule has 3 rings (SSSR count). The third kappa shape index (κ3) is 2.55. The van der Waals surface area contributed by atoms with Crippen LogP contribution >= 0.6 is 0 Å². The summed E-state index contributed by atoms with van der Waals surface area (Å²) in [6, 6.07) is 10.0. The summed E-state index contributed by atoms with van der Waals surface area (Å²) >= 11 is 0. The van der Waals surface area contributed by atoms with Gasteiger partial charge in [-0.15, -0.1) is 0 Å². The molecular formula is C18H20O3. The summed E-state index contributed by atoms with van der Waals surface area (Å²) in [6.45, 7) is 5.31. The molecular weight excluding hydrogens is 264 g/mol. The van der Waals surface area contributed by atoms with Crippen LogP contribution in [0.15, 0.2) is 30.3 Å². The third-order valence-corrected chi connectivity index (χ3v) is 4.06. The number of hydrogen-bond acceptors (Lipinski definition) is 3. The predicted octanol–water partition coefficient (Wildman–Crippen LogP) is 3.42. The number of hydrogen-bond donors (Lipinski definition) is 1. The molecule has 0 amide bonds.